The average molecular weight is 201 g/mol. The maximum Gasteiger partial charge on any atom is 0.136 e. The van der Waals surface area contributed by atoms with Gasteiger partial charge in [-0.1, -0.05) is 19.2 Å². The van der Waals surface area contributed by atoms with Crippen LogP contribution in [0, 0.1) is 0 Å². The third-order valence-electron chi connectivity index (χ3n) is 1.40. The summed E-state index contributed by atoms with van der Waals surface area (Å²) < 4.78 is 6.09. The van der Waals surface area contributed by atoms with Gasteiger partial charge in [-0.25, -0.2) is 0 Å². The molecule has 0 unspecified atom stereocenters. The van der Waals surface area contributed by atoms with E-state index in [2.05, 4.69) is 29.1 Å². The lowest BCUT2D eigenvalue weighted by Gasteiger charge is -1.99. The van der Waals surface area contributed by atoms with E-state index in [1.165, 1.54) is 0 Å². The Labute approximate surface area is 69.2 Å². The van der Waals surface area contributed by atoms with Crippen molar-refractivity contribution in [2.24, 2.45) is 0 Å². The Balaban J connectivity index is 2.88. The van der Waals surface area contributed by atoms with Crippen molar-refractivity contribution in [1.29, 1.82) is 0 Å². The fraction of sp³-hybridized carbons (Fsp3) is 0.250. The summed E-state index contributed by atoms with van der Waals surface area (Å²) in [5, 5.41) is 0. The summed E-state index contributed by atoms with van der Waals surface area (Å²) in [5.41, 5.74) is 1.14. The summed E-state index contributed by atoms with van der Waals surface area (Å²) in [6, 6.07) is 0. The molecule has 0 atom stereocenters. The van der Waals surface area contributed by atoms with Crippen LogP contribution < -0.4 is 0 Å². The second-order valence-corrected chi connectivity index (χ2v) is 3.02. The molecule has 1 heterocycles. The van der Waals surface area contributed by atoms with Crippen LogP contribution in [-0.4, -0.2) is 6.61 Å². The quantitative estimate of drug-likeness (QED) is 0.667. The summed E-state index contributed by atoms with van der Waals surface area (Å²) in [6.07, 6.45) is 2.76. The first-order valence-corrected chi connectivity index (χ1v) is 3.88. The Hall–Kier alpha value is -0.500. The SMILES string of the molecule is C=CC1=C(C(=C)Br)OCC1. The first-order valence-electron chi connectivity index (χ1n) is 3.09. The predicted molar refractivity (Wildman–Crippen MR) is 45.9 cm³/mol. The smallest absolute Gasteiger partial charge is 0.136 e. The molecule has 1 rings (SSSR count). The number of rotatable bonds is 2. The van der Waals surface area contributed by atoms with Gasteiger partial charge >= 0.3 is 0 Å². The van der Waals surface area contributed by atoms with Crippen molar-refractivity contribution < 1.29 is 4.74 Å². The van der Waals surface area contributed by atoms with Gasteiger partial charge in [0.1, 0.15) is 5.76 Å². The normalized spacial score (nSPS) is 16.9. The Bertz CT molecular complexity index is 203. The molecule has 0 aromatic heterocycles. The molecule has 0 saturated heterocycles. The van der Waals surface area contributed by atoms with Crippen LogP contribution >= 0.6 is 15.9 Å². The number of ether oxygens (including phenoxy) is 1. The standard InChI is InChI=1S/C8H9BrO/c1-3-7-4-5-10-8(7)6(2)9/h3H,1-2,4-5H2. The van der Waals surface area contributed by atoms with E-state index < -0.39 is 0 Å². The summed E-state index contributed by atoms with van der Waals surface area (Å²) in [5.74, 6) is 0.856. The zero-order valence-corrected chi connectivity index (χ0v) is 7.28. The molecular formula is C8H9BrO. The molecule has 0 fully saturated rings. The van der Waals surface area contributed by atoms with Gasteiger partial charge in [-0.2, -0.15) is 0 Å². The highest BCUT2D eigenvalue weighted by Gasteiger charge is 2.13. The van der Waals surface area contributed by atoms with Crippen LogP contribution in [0.4, 0.5) is 0 Å². The van der Waals surface area contributed by atoms with Crippen LogP contribution in [-0.2, 0) is 4.74 Å². The largest absolute Gasteiger partial charge is 0.492 e. The first kappa shape index (κ1) is 7.61. The van der Waals surface area contributed by atoms with Crippen molar-refractivity contribution in [1.82, 2.24) is 0 Å². The summed E-state index contributed by atoms with van der Waals surface area (Å²) in [7, 11) is 0. The molecule has 0 aromatic carbocycles. The van der Waals surface area contributed by atoms with Gasteiger partial charge in [0, 0.05) is 6.42 Å². The average Bonchev–Trinajstić information content (AvgIpc) is 2.33. The van der Waals surface area contributed by atoms with Crippen molar-refractivity contribution in [2.75, 3.05) is 6.61 Å². The molecule has 2 heteroatoms. The van der Waals surface area contributed by atoms with E-state index in [1.807, 2.05) is 6.08 Å². The van der Waals surface area contributed by atoms with Crippen molar-refractivity contribution in [3.05, 3.63) is 35.0 Å². The molecule has 0 amide bonds. The van der Waals surface area contributed by atoms with Crippen molar-refractivity contribution in [3.8, 4) is 0 Å². The van der Waals surface area contributed by atoms with Crippen molar-refractivity contribution >= 4 is 15.9 Å². The van der Waals surface area contributed by atoms with Gasteiger partial charge in [0.25, 0.3) is 0 Å². The molecule has 1 aliphatic heterocycles. The van der Waals surface area contributed by atoms with Crippen LogP contribution in [0.3, 0.4) is 0 Å². The highest BCUT2D eigenvalue weighted by atomic mass is 79.9. The monoisotopic (exact) mass is 200 g/mol. The Kier molecular flexibility index (Phi) is 2.33. The summed E-state index contributed by atoms with van der Waals surface area (Å²) in [6.45, 7) is 8.15. The minimum Gasteiger partial charge on any atom is -0.492 e. The minimum atomic E-state index is 0.751. The molecular weight excluding hydrogens is 192 g/mol. The molecule has 0 aromatic rings. The number of halogens is 1. The van der Waals surface area contributed by atoms with E-state index in [0.717, 1.165) is 28.8 Å². The van der Waals surface area contributed by atoms with E-state index >= 15 is 0 Å². The third kappa shape index (κ3) is 1.32. The maximum atomic E-state index is 5.28. The van der Waals surface area contributed by atoms with Crippen LogP contribution in [0.1, 0.15) is 6.42 Å². The predicted octanol–water partition coefficient (Wildman–Crippen LogP) is 2.76. The topological polar surface area (TPSA) is 9.23 Å². The van der Waals surface area contributed by atoms with Crippen LogP contribution in [0.5, 0.6) is 0 Å². The zero-order valence-electron chi connectivity index (χ0n) is 5.69. The van der Waals surface area contributed by atoms with Gasteiger partial charge in [-0.15, -0.1) is 0 Å². The Morgan fingerprint density at radius 1 is 1.70 bits per heavy atom. The molecule has 0 N–H and O–H groups in total. The van der Waals surface area contributed by atoms with E-state index in [1.54, 1.807) is 0 Å². The Morgan fingerprint density at radius 2 is 2.40 bits per heavy atom. The third-order valence-corrected chi connectivity index (χ3v) is 1.76. The van der Waals surface area contributed by atoms with Gasteiger partial charge in [-0.3, -0.25) is 0 Å². The Morgan fingerprint density at radius 3 is 2.80 bits per heavy atom. The highest BCUT2D eigenvalue weighted by Crippen LogP contribution is 2.27. The second kappa shape index (κ2) is 3.06. The van der Waals surface area contributed by atoms with Gasteiger partial charge < -0.3 is 4.74 Å². The molecule has 0 radical (unpaired) electrons. The van der Waals surface area contributed by atoms with E-state index in [-0.39, 0.29) is 0 Å². The molecule has 1 aliphatic rings. The lowest BCUT2D eigenvalue weighted by Crippen LogP contribution is -1.82. The number of hydrogen-bond acceptors (Lipinski definition) is 1. The van der Waals surface area contributed by atoms with Crippen LogP contribution in [0.15, 0.2) is 35.0 Å². The fourth-order valence-electron chi connectivity index (χ4n) is 0.917. The highest BCUT2D eigenvalue weighted by molar-refractivity contribution is 9.11. The molecule has 1 nitrogen and oxygen atoms in total. The maximum absolute atomic E-state index is 5.28. The van der Waals surface area contributed by atoms with Crippen LogP contribution in [0.2, 0.25) is 0 Å². The van der Waals surface area contributed by atoms with E-state index in [0.29, 0.717) is 0 Å². The second-order valence-electron chi connectivity index (χ2n) is 2.06. The minimum absolute atomic E-state index is 0.751. The van der Waals surface area contributed by atoms with Crippen molar-refractivity contribution in [3.63, 3.8) is 0 Å². The summed E-state index contributed by atoms with van der Waals surface area (Å²) >= 11 is 3.26. The molecule has 10 heavy (non-hydrogen) atoms. The van der Waals surface area contributed by atoms with Crippen molar-refractivity contribution in [2.45, 2.75) is 6.42 Å². The fourth-order valence-corrected chi connectivity index (χ4v) is 1.29. The molecule has 0 aliphatic carbocycles. The van der Waals surface area contributed by atoms with Gasteiger partial charge in [0.15, 0.2) is 0 Å². The lowest BCUT2D eigenvalue weighted by atomic mass is 10.2. The van der Waals surface area contributed by atoms with E-state index in [4.69, 9.17) is 4.74 Å². The van der Waals surface area contributed by atoms with Crippen LogP contribution in [0.25, 0.3) is 0 Å². The zero-order chi connectivity index (χ0) is 7.56. The molecule has 0 bridgehead atoms. The number of hydrogen-bond donors (Lipinski definition) is 0. The molecule has 0 spiro atoms. The van der Waals surface area contributed by atoms with Gasteiger partial charge in [0.2, 0.25) is 0 Å². The van der Waals surface area contributed by atoms with E-state index in [9.17, 15) is 0 Å². The lowest BCUT2D eigenvalue weighted by molar-refractivity contribution is 0.256. The summed E-state index contributed by atoms with van der Waals surface area (Å²) in [4.78, 5) is 0. The van der Waals surface area contributed by atoms with Gasteiger partial charge in [0.05, 0.1) is 11.1 Å². The number of allylic oxidation sites excluding steroid dienone is 2. The van der Waals surface area contributed by atoms with Gasteiger partial charge in [-0.05, 0) is 21.5 Å². The molecule has 54 valence electrons. The first-order chi connectivity index (χ1) is 4.75. The molecule has 0 saturated carbocycles.